The summed E-state index contributed by atoms with van der Waals surface area (Å²) in [7, 11) is 4.76. The Morgan fingerprint density at radius 1 is 0.395 bits per heavy atom. The predicted octanol–water partition coefficient (Wildman–Crippen LogP) is 12.4. The highest BCUT2D eigenvalue weighted by atomic mass is 15.3. The molecule has 0 aliphatic heterocycles. The summed E-state index contributed by atoms with van der Waals surface area (Å²) in [5, 5.41) is 0. The van der Waals surface area contributed by atoms with Gasteiger partial charge in [0.05, 0.1) is 20.6 Å². The Morgan fingerprint density at radius 2 is 0.684 bits per heavy atom. The van der Waals surface area contributed by atoms with Crippen LogP contribution in [0.5, 0.6) is 0 Å². The highest BCUT2D eigenvalue weighted by molar-refractivity contribution is 5.13. The van der Waals surface area contributed by atoms with Gasteiger partial charge in [-0.3, -0.25) is 0 Å². The Bertz CT molecular complexity index is 578. The van der Waals surface area contributed by atoms with E-state index in [1.807, 2.05) is 0 Å². The molecule has 0 aliphatic rings. The Kier molecular flexibility index (Phi) is 24.5. The first-order valence-corrected chi connectivity index (χ1v) is 17.5. The van der Waals surface area contributed by atoms with Crippen LogP contribution in [-0.4, -0.2) is 25.1 Å². The molecule has 1 rings (SSSR count). The summed E-state index contributed by atoms with van der Waals surface area (Å²) in [6.07, 6.45) is 38.1. The quantitative estimate of drug-likeness (QED) is 0.0716. The van der Waals surface area contributed by atoms with Crippen molar-refractivity contribution in [1.29, 1.82) is 0 Å². The summed E-state index contributed by atoms with van der Waals surface area (Å²) in [6, 6.07) is 11.0. The van der Waals surface area contributed by atoms with Crippen molar-refractivity contribution < 1.29 is 4.48 Å². The van der Waals surface area contributed by atoms with Gasteiger partial charge in [-0.1, -0.05) is 191 Å². The minimum atomic E-state index is 1.11. The zero-order valence-electron chi connectivity index (χ0n) is 26.6. The van der Waals surface area contributed by atoms with Gasteiger partial charge in [-0.15, -0.1) is 0 Å². The molecule has 1 aromatic carbocycles. The van der Waals surface area contributed by atoms with Crippen LogP contribution >= 0.6 is 0 Å². The SMILES string of the molecule is CCCCCCCCCCCCCCCCCCCCCCCCCCCC[N+](C)(C)Cc1ccccc1. The Balaban J connectivity index is 1.71. The Morgan fingerprint density at radius 3 is 1.00 bits per heavy atom. The first-order valence-electron chi connectivity index (χ1n) is 17.5. The van der Waals surface area contributed by atoms with E-state index in [4.69, 9.17) is 0 Å². The lowest BCUT2D eigenvalue weighted by Gasteiger charge is -2.30. The molecule has 0 N–H and O–H groups in total. The van der Waals surface area contributed by atoms with Crippen LogP contribution in [0.1, 0.15) is 179 Å². The zero-order chi connectivity index (χ0) is 27.4. The molecule has 0 aromatic heterocycles. The van der Waals surface area contributed by atoms with Gasteiger partial charge < -0.3 is 4.48 Å². The van der Waals surface area contributed by atoms with Gasteiger partial charge in [0.2, 0.25) is 0 Å². The maximum atomic E-state index is 2.38. The van der Waals surface area contributed by atoms with Crippen molar-refractivity contribution in [2.24, 2.45) is 0 Å². The first kappa shape index (κ1) is 35.2. The normalized spacial score (nSPS) is 11.9. The maximum Gasteiger partial charge on any atom is 0.104 e. The van der Waals surface area contributed by atoms with Crippen molar-refractivity contribution >= 4 is 0 Å². The van der Waals surface area contributed by atoms with Gasteiger partial charge in [0.15, 0.2) is 0 Å². The van der Waals surface area contributed by atoms with Crippen LogP contribution in [0.15, 0.2) is 30.3 Å². The van der Waals surface area contributed by atoms with Crippen LogP contribution < -0.4 is 0 Å². The van der Waals surface area contributed by atoms with Crippen molar-refractivity contribution in [3.8, 4) is 0 Å². The van der Waals surface area contributed by atoms with Crippen molar-refractivity contribution in [3.63, 3.8) is 0 Å². The molecule has 1 nitrogen and oxygen atoms in total. The van der Waals surface area contributed by atoms with Crippen LogP contribution in [-0.2, 0) is 6.54 Å². The largest absolute Gasteiger partial charge is 0.325 e. The fraction of sp³-hybridized carbons (Fsp3) is 0.838. The van der Waals surface area contributed by atoms with E-state index in [2.05, 4.69) is 51.4 Å². The number of rotatable bonds is 29. The molecular weight excluding hydrogens is 458 g/mol. The molecule has 0 aliphatic carbocycles. The fourth-order valence-electron chi connectivity index (χ4n) is 6.01. The summed E-state index contributed by atoms with van der Waals surface area (Å²) in [5.41, 5.74) is 1.47. The van der Waals surface area contributed by atoms with E-state index in [1.54, 1.807) is 0 Å². The van der Waals surface area contributed by atoms with Crippen LogP contribution in [0, 0.1) is 0 Å². The molecule has 1 aromatic rings. The van der Waals surface area contributed by atoms with E-state index >= 15 is 0 Å². The van der Waals surface area contributed by atoms with E-state index in [9.17, 15) is 0 Å². The van der Waals surface area contributed by atoms with E-state index in [0.717, 1.165) is 11.0 Å². The molecule has 38 heavy (non-hydrogen) atoms. The summed E-state index contributed by atoms with van der Waals surface area (Å²) in [6.45, 7) is 4.76. The van der Waals surface area contributed by atoms with Crippen LogP contribution in [0.25, 0.3) is 0 Å². The third kappa shape index (κ3) is 24.2. The molecule has 0 fully saturated rings. The van der Waals surface area contributed by atoms with Crippen molar-refractivity contribution in [1.82, 2.24) is 0 Å². The second-order valence-electron chi connectivity index (χ2n) is 13.1. The number of nitrogens with zero attached hydrogens (tertiary/aromatic N) is 1. The summed E-state index contributed by atoms with van der Waals surface area (Å²) >= 11 is 0. The summed E-state index contributed by atoms with van der Waals surface area (Å²) in [4.78, 5) is 0. The van der Waals surface area contributed by atoms with Gasteiger partial charge in [0.1, 0.15) is 6.54 Å². The lowest BCUT2D eigenvalue weighted by Crippen LogP contribution is -2.39. The van der Waals surface area contributed by atoms with Gasteiger partial charge in [-0.05, 0) is 12.8 Å². The number of benzene rings is 1. The van der Waals surface area contributed by atoms with Crippen molar-refractivity contribution in [2.75, 3.05) is 20.6 Å². The minimum absolute atomic E-state index is 1.11. The molecule has 0 saturated heterocycles. The van der Waals surface area contributed by atoms with Crippen molar-refractivity contribution in [3.05, 3.63) is 35.9 Å². The van der Waals surface area contributed by atoms with E-state index in [1.165, 1.54) is 179 Å². The molecule has 0 saturated carbocycles. The first-order chi connectivity index (χ1) is 18.6. The third-order valence-corrected chi connectivity index (χ3v) is 8.57. The summed E-state index contributed by atoms with van der Waals surface area (Å²) < 4.78 is 1.11. The van der Waals surface area contributed by atoms with E-state index in [-0.39, 0.29) is 0 Å². The average molecular weight is 529 g/mol. The van der Waals surface area contributed by atoms with E-state index in [0.29, 0.717) is 0 Å². The molecule has 222 valence electrons. The second-order valence-corrected chi connectivity index (χ2v) is 13.1. The standard InChI is InChI=1S/C37H70N/c1-4-5-6-7-8-9-10-11-12-13-14-15-16-17-18-19-20-21-22-23-24-25-26-27-28-32-35-38(2,3)36-37-33-30-29-31-34-37/h29-31,33-34H,4-28,32,35-36H2,1-3H3/q+1. The summed E-state index contributed by atoms with van der Waals surface area (Å²) in [5.74, 6) is 0. The monoisotopic (exact) mass is 529 g/mol. The predicted molar refractivity (Wildman–Crippen MR) is 173 cm³/mol. The lowest BCUT2D eigenvalue weighted by atomic mass is 10.0. The van der Waals surface area contributed by atoms with Gasteiger partial charge in [0.25, 0.3) is 0 Å². The number of quaternary nitrogens is 1. The molecule has 0 amide bonds. The van der Waals surface area contributed by atoms with Gasteiger partial charge >= 0.3 is 0 Å². The smallest absolute Gasteiger partial charge is 0.104 e. The Labute approximate surface area is 241 Å². The molecule has 0 spiro atoms. The second kappa shape index (κ2) is 26.4. The van der Waals surface area contributed by atoms with Gasteiger partial charge in [0, 0.05) is 5.56 Å². The van der Waals surface area contributed by atoms with Crippen LogP contribution in [0.3, 0.4) is 0 Å². The molecule has 1 heteroatoms. The molecule has 0 radical (unpaired) electrons. The number of hydrogen-bond acceptors (Lipinski definition) is 0. The third-order valence-electron chi connectivity index (χ3n) is 8.57. The number of hydrogen-bond donors (Lipinski definition) is 0. The molecule has 0 heterocycles. The topological polar surface area (TPSA) is 0 Å². The van der Waals surface area contributed by atoms with Crippen LogP contribution in [0.2, 0.25) is 0 Å². The maximum absolute atomic E-state index is 2.38. The minimum Gasteiger partial charge on any atom is -0.325 e. The Hall–Kier alpha value is -0.820. The number of unbranched alkanes of at least 4 members (excludes halogenated alkanes) is 25. The van der Waals surface area contributed by atoms with Gasteiger partial charge in [-0.2, -0.15) is 0 Å². The van der Waals surface area contributed by atoms with Crippen LogP contribution in [0.4, 0.5) is 0 Å². The zero-order valence-corrected chi connectivity index (χ0v) is 26.6. The molecule has 0 atom stereocenters. The average Bonchev–Trinajstić information content (AvgIpc) is 2.91. The van der Waals surface area contributed by atoms with Crippen molar-refractivity contribution in [2.45, 2.75) is 180 Å². The highest BCUT2D eigenvalue weighted by Gasteiger charge is 2.14. The van der Waals surface area contributed by atoms with E-state index < -0.39 is 0 Å². The van der Waals surface area contributed by atoms with Gasteiger partial charge in [-0.25, -0.2) is 0 Å². The fourth-order valence-corrected chi connectivity index (χ4v) is 6.01. The highest BCUT2D eigenvalue weighted by Crippen LogP contribution is 2.17. The molecule has 0 bridgehead atoms. The lowest BCUT2D eigenvalue weighted by molar-refractivity contribution is -0.903. The molecular formula is C37H70N+. The molecule has 0 unspecified atom stereocenters.